The predicted octanol–water partition coefficient (Wildman–Crippen LogP) is 1.48. The van der Waals surface area contributed by atoms with Crippen molar-refractivity contribution in [3.8, 4) is 11.8 Å². The number of carbonyl (C=O) groups is 1. The lowest BCUT2D eigenvalue weighted by Gasteiger charge is -2.08. The molecule has 90 valence electrons. The second-order valence-corrected chi connectivity index (χ2v) is 3.51. The van der Waals surface area contributed by atoms with E-state index < -0.39 is 0 Å². The SMILES string of the molecule is CNC(=O)Nc1cc(C#CCCO)ccc1C. The Labute approximate surface area is 101 Å². The summed E-state index contributed by atoms with van der Waals surface area (Å²) in [6.45, 7) is 1.97. The zero-order chi connectivity index (χ0) is 12.7. The van der Waals surface area contributed by atoms with E-state index in [-0.39, 0.29) is 12.6 Å². The highest BCUT2D eigenvalue weighted by molar-refractivity contribution is 5.90. The minimum atomic E-state index is -0.256. The molecule has 0 unspecified atom stereocenters. The van der Waals surface area contributed by atoms with Gasteiger partial charge in [0.2, 0.25) is 0 Å². The second-order valence-electron chi connectivity index (χ2n) is 3.51. The molecule has 1 aromatic carbocycles. The fourth-order valence-electron chi connectivity index (χ4n) is 1.24. The molecule has 0 spiro atoms. The van der Waals surface area contributed by atoms with Gasteiger partial charge in [-0.25, -0.2) is 4.79 Å². The molecule has 2 amide bonds. The van der Waals surface area contributed by atoms with Crippen LogP contribution in [0.15, 0.2) is 18.2 Å². The number of urea groups is 1. The van der Waals surface area contributed by atoms with Crippen LogP contribution < -0.4 is 10.6 Å². The maximum atomic E-state index is 11.2. The van der Waals surface area contributed by atoms with Crippen molar-refractivity contribution in [3.05, 3.63) is 29.3 Å². The van der Waals surface area contributed by atoms with E-state index in [1.54, 1.807) is 7.05 Å². The number of aliphatic hydroxyl groups excluding tert-OH is 1. The summed E-state index contributed by atoms with van der Waals surface area (Å²) in [5.41, 5.74) is 2.52. The quantitative estimate of drug-likeness (QED) is 0.676. The van der Waals surface area contributed by atoms with E-state index in [1.165, 1.54) is 0 Å². The fourth-order valence-corrected chi connectivity index (χ4v) is 1.24. The van der Waals surface area contributed by atoms with E-state index in [2.05, 4.69) is 22.5 Å². The molecule has 0 fully saturated rings. The lowest BCUT2D eigenvalue weighted by atomic mass is 10.1. The fraction of sp³-hybridized carbons (Fsp3) is 0.308. The van der Waals surface area contributed by atoms with Crippen molar-refractivity contribution in [1.29, 1.82) is 0 Å². The van der Waals surface area contributed by atoms with Crippen LogP contribution in [0.5, 0.6) is 0 Å². The number of carbonyl (C=O) groups excluding carboxylic acids is 1. The van der Waals surface area contributed by atoms with Gasteiger partial charge in [0.05, 0.1) is 6.61 Å². The molecule has 1 rings (SSSR count). The van der Waals surface area contributed by atoms with Crippen LogP contribution in [-0.2, 0) is 0 Å². The molecule has 3 N–H and O–H groups in total. The Morgan fingerprint density at radius 2 is 2.24 bits per heavy atom. The van der Waals surface area contributed by atoms with Crippen molar-refractivity contribution < 1.29 is 9.90 Å². The van der Waals surface area contributed by atoms with Gasteiger partial charge >= 0.3 is 6.03 Å². The average Bonchev–Trinajstić information content (AvgIpc) is 2.33. The molecule has 0 bridgehead atoms. The Morgan fingerprint density at radius 1 is 1.47 bits per heavy atom. The number of aryl methyl sites for hydroxylation is 1. The van der Waals surface area contributed by atoms with E-state index in [0.29, 0.717) is 6.42 Å². The van der Waals surface area contributed by atoms with Crippen LogP contribution in [0.1, 0.15) is 17.5 Å². The van der Waals surface area contributed by atoms with Gasteiger partial charge in [-0.05, 0) is 24.6 Å². The van der Waals surface area contributed by atoms with E-state index in [1.807, 2.05) is 25.1 Å². The highest BCUT2D eigenvalue weighted by Gasteiger charge is 2.02. The Balaban J connectivity index is 2.87. The van der Waals surface area contributed by atoms with Gasteiger partial charge in [-0.15, -0.1) is 0 Å². The number of aliphatic hydroxyl groups is 1. The molecule has 0 aromatic heterocycles. The Hall–Kier alpha value is -1.99. The first-order chi connectivity index (χ1) is 8.17. The topological polar surface area (TPSA) is 61.4 Å². The molecule has 17 heavy (non-hydrogen) atoms. The molecule has 0 aliphatic heterocycles. The smallest absolute Gasteiger partial charge is 0.318 e. The van der Waals surface area contributed by atoms with Gasteiger partial charge in [-0.2, -0.15) is 0 Å². The third kappa shape index (κ3) is 4.17. The van der Waals surface area contributed by atoms with Gasteiger partial charge in [0.25, 0.3) is 0 Å². The molecule has 0 saturated heterocycles. The molecule has 4 heteroatoms. The molecule has 0 saturated carbocycles. The highest BCUT2D eigenvalue weighted by Crippen LogP contribution is 2.16. The third-order valence-electron chi connectivity index (χ3n) is 2.18. The first-order valence-corrected chi connectivity index (χ1v) is 5.36. The van der Waals surface area contributed by atoms with Gasteiger partial charge in [0.1, 0.15) is 0 Å². The lowest BCUT2D eigenvalue weighted by Crippen LogP contribution is -2.24. The van der Waals surface area contributed by atoms with Gasteiger partial charge in [0, 0.05) is 24.7 Å². The van der Waals surface area contributed by atoms with Crippen LogP contribution in [0, 0.1) is 18.8 Å². The molecule has 0 atom stereocenters. The molecule has 0 aliphatic rings. The van der Waals surface area contributed by atoms with E-state index in [4.69, 9.17) is 5.11 Å². The Morgan fingerprint density at radius 3 is 2.88 bits per heavy atom. The van der Waals surface area contributed by atoms with Crippen LogP contribution in [0.4, 0.5) is 10.5 Å². The number of amides is 2. The second kappa shape index (κ2) is 6.56. The summed E-state index contributed by atoms with van der Waals surface area (Å²) in [5, 5.41) is 13.8. The summed E-state index contributed by atoms with van der Waals surface area (Å²) in [7, 11) is 1.57. The lowest BCUT2D eigenvalue weighted by molar-refractivity contribution is 0.254. The Kier molecular flexibility index (Phi) is 5.05. The molecule has 0 aliphatic carbocycles. The summed E-state index contributed by atoms with van der Waals surface area (Å²) in [6, 6.07) is 5.34. The Bertz CT molecular complexity index is 458. The van der Waals surface area contributed by atoms with Crippen LogP contribution in [0.2, 0.25) is 0 Å². The van der Waals surface area contributed by atoms with Crippen LogP contribution in [-0.4, -0.2) is 24.8 Å². The molecular formula is C13H16N2O2. The number of hydrogen-bond acceptors (Lipinski definition) is 2. The maximum Gasteiger partial charge on any atom is 0.318 e. The number of anilines is 1. The van der Waals surface area contributed by atoms with Gasteiger partial charge in [-0.1, -0.05) is 17.9 Å². The minimum absolute atomic E-state index is 0.0577. The molecule has 0 radical (unpaired) electrons. The van der Waals surface area contributed by atoms with E-state index in [9.17, 15) is 4.79 Å². The van der Waals surface area contributed by atoms with Crippen molar-refractivity contribution in [2.75, 3.05) is 19.0 Å². The van der Waals surface area contributed by atoms with Crippen molar-refractivity contribution >= 4 is 11.7 Å². The largest absolute Gasteiger partial charge is 0.395 e. The number of nitrogens with one attached hydrogen (secondary N) is 2. The van der Waals surface area contributed by atoms with Gasteiger partial charge in [0.15, 0.2) is 0 Å². The van der Waals surface area contributed by atoms with Crippen molar-refractivity contribution in [3.63, 3.8) is 0 Å². The molecule has 4 nitrogen and oxygen atoms in total. The molecular weight excluding hydrogens is 216 g/mol. The number of rotatable bonds is 2. The van der Waals surface area contributed by atoms with E-state index >= 15 is 0 Å². The first-order valence-electron chi connectivity index (χ1n) is 5.36. The molecule has 1 aromatic rings. The van der Waals surface area contributed by atoms with Crippen LogP contribution in [0.3, 0.4) is 0 Å². The predicted molar refractivity (Wildman–Crippen MR) is 67.8 cm³/mol. The standard InChI is InChI=1S/C13H16N2O2/c1-10-6-7-11(5-3-4-8-16)9-12(10)15-13(17)14-2/h6-7,9,16H,4,8H2,1-2H3,(H2,14,15,17). The number of benzene rings is 1. The summed E-state index contributed by atoms with van der Waals surface area (Å²) in [4.78, 5) is 11.2. The summed E-state index contributed by atoms with van der Waals surface area (Å²) >= 11 is 0. The van der Waals surface area contributed by atoms with Gasteiger partial charge < -0.3 is 15.7 Å². The van der Waals surface area contributed by atoms with Crippen LogP contribution in [0.25, 0.3) is 0 Å². The first kappa shape index (κ1) is 13.1. The summed E-state index contributed by atoms with van der Waals surface area (Å²) in [6.07, 6.45) is 0.450. The van der Waals surface area contributed by atoms with E-state index in [0.717, 1.165) is 16.8 Å². The average molecular weight is 232 g/mol. The number of hydrogen-bond donors (Lipinski definition) is 3. The van der Waals surface area contributed by atoms with Crippen molar-refractivity contribution in [2.24, 2.45) is 0 Å². The molecule has 0 heterocycles. The zero-order valence-corrected chi connectivity index (χ0v) is 10.0. The van der Waals surface area contributed by atoms with Crippen LogP contribution >= 0.6 is 0 Å². The monoisotopic (exact) mass is 232 g/mol. The van der Waals surface area contributed by atoms with Gasteiger partial charge in [-0.3, -0.25) is 0 Å². The van der Waals surface area contributed by atoms with Crippen molar-refractivity contribution in [2.45, 2.75) is 13.3 Å². The zero-order valence-electron chi connectivity index (χ0n) is 10.0. The normalized spacial score (nSPS) is 9.12. The third-order valence-corrected chi connectivity index (χ3v) is 2.18. The maximum absolute atomic E-state index is 11.2. The highest BCUT2D eigenvalue weighted by atomic mass is 16.2. The van der Waals surface area contributed by atoms with Crippen molar-refractivity contribution in [1.82, 2.24) is 5.32 Å². The summed E-state index contributed by atoms with van der Waals surface area (Å²) in [5.74, 6) is 5.76. The summed E-state index contributed by atoms with van der Waals surface area (Å²) < 4.78 is 0. The minimum Gasteiger partial charge on any atom is -0.395 e.